The Bertz CT molecular complexity index is 1010. The summed E-state index contributed by atoms with van der Waals surface area (Å²) in [6.07, 6.45) is 4.47. The summed E-state index contributed by atoms with van der Waals surface area (Å²) in [6, 6.07) is 0. The van der Waals surface area contributed by atoms with E-state index in [2.05, 4.69) is 30.2 Å². The zero-order valence-electron chi connectivity index (χ0n) is 11.2. The highest BCUT2D eigenvalue weighted by Gasteiger charge is 2.16. The lowest BCUT2D eigenvalue weighted by atomic mass is 10.4. The highest BCUT2D eigenvalue weighted by molar-refractivity contribution is 5.88. The fraction of sp³-hybridized carbons (Fsp3) is 0.200. The van der Waals surface area contributed by atoms with E-state index in [-0.39, 0.29) is 6.54 Å². The summed E-state index contributed by atoms with van der Waals surface area (Å²) < 4.78 is 4.48. The maximum atomic E-state index is 10.6. The summed E-state index contributed by atoms with van der Waals surface area (Å²) in [4.78, 5) is 22.2. The molecule has 0 amide bonds. The zero-order chi connectivity index (χ0) is 15.3. The largest absolute Gasteiger partial charge is 0.490 e. The molecule has 4 heterocycles. The first kappa shape index (κ1) is 12.3. The SMILES string of the molecule is Cn1ncc2c1ncn1nc(Cn3cnc([N+](=O)[O-])n3)nc21. The smallest absolute Gasteiger partial charge is 0.390 e. The Hall–Kier alpha value is -3.44. The van der Waals surface area contributed by atoms with Crippen molar-refractivity contribution in [2.24, 2.45) is 7.05 Å². The Morgan fingerprint density at radius 2 is 2.09 bits per heavy atom. The Morgan fingerprint density at radius 1 is 1.23 bits per heavy atom. The molecule has 0 bridgehead atoms. The monoisotopic (exact) mass is 300 g/mol. The third kappa shape index (κ3) is 1.77. The lowest BCUT2D eigenvalue weighted by Crippen LogP contribution is -2.03. The third-order valence-corrected chi connectivity index (χ3v) is 3.10. The molecule has 0 spiro atoms. The van der Waals surface area contributed by atoms with Crippen LogP contribution in [0, 0.1) is 10.1 Å². The van der Waals surface area contributed by atoms with Crippen molar-refractivity contribution in [1.82, 2.24) is 44.1 Å². The quantitative estimate of drug-likeness (QED) is 0.367. The van der Waals surface area contributed by atoms with Gasteiger partial charge in [0.25, 0.3) is 0 Å². The summed E-state index contributed by atoms with van der Waals surface area (Å²) in [5.74, 6) is -0.0157. The van der Waals surface area contributed by atoms with Crippen LogP contribution in [0.3, 0.4) is 0 Å². The van der Waals surface area contributed by atoms with Crippen LogP contribution in [-0.2, 0) is 13.6 Å². The molecule has 0 N–H and O–H groups in total. The van der Waals surface area contributed by atoms with Crippen LogP contribution in [0.25, 0.3) is 16.7 Å². The van der Waals surface area contributed by atoms with E-state index in [9.17, 15) is 10.1 Å². The van der Waals surface area contributed by atoms with Crippen molar-refractivity contribution < 1.29 is 4.92 Å². The first-order valence-electron chi connectivity index (χ1n) is 6.17. The van der Waals surface area contributed by atoms with Crippen molar-refractivity contribution in [3.63, 3.8) is 0 Å². The molecule has 12 nitrogen and oxygen atoms in total. The first-order chi connectivity index (χ1) is 10.6. The molecule has 22 heavy (non-hydrogen) atoms. The molecule has 0 aliphatic heterocycles. The van der Waals surface area contributed by atoms with Crippen molar-refractivity contribution in [3.05, 3.63) is 34.8 Å². The van der Waals surface area contributed by atoms with Crippen LogP contribution in [0.5, 0.6) is 0 Å². The predicted octanol–water partition coefficient (Wildman–Crippen LogP) is -0.441. The van der Waals surface area contributed by atoms with Crippen molar-refractivity contribution in [3.8, 4) is 0 Å². The minimum absolute atomic E-state index is 0.171. The number of aryl methyl sites for hydroxylation is 1. The van der Waals surface area contributed by atoms with Gasteiger partial charge >= 0.3 is 5.95 Å². The molecule has 0 unspecified atom stereocenters. The first-order valence-corrected chi connectivity index (χ1v) is 6.17. The van der Waals surface area contributed by atoms with Crippen LogP contribution in [0.2, 0.25) is 0 Å². The van der Waals surface area contributed by atoms with Crippen molar-refractivity contribution in [2.75, 3.05) is 0 Å². The molecule has 0 saturated heterocycles. The average Bonchev–Trinajstić information content (AvgIpc) is 3.17. The average molecular weight is 300 g/mol. The van der Waals surface area contributed by atoms with Gasteiger partial charge in [0.15, 0.2) is 17.1 Å². The summed E-state index contributed by atoms with van der Waals surface area (Å²) in [5.41, 5.74) is 1.31. The van der Waals surface area contributed by atoms with Gasteiger partial charge in [-0.15, -0.1) is 5.10 Å². The van der Waals surface area contributed by atoms with E-state index in [1.54, 1.807) is 24.3 Å². The molecule has 0 radical (unpaired) electrons. The molecule has 0 aromatic carbocycles. The fourth-order valence-electron chi connectivity index (χ4n) is 2.14. The minimum Gasteiger partial charge on any atom is -0.390 e. The molecule has 0 aliphatic carbocycles. The number of hydrogen-bond donors (Lipinski definition) is 0. The van der Waals surface area contributed by atoms with Gasteiger partial charge in [0.2, 0.25) is 6.33 Å². The summed E-state index contributed by atoms with van der Waals surface area (Å²) in [5, 5.41) is 23.5. The third-order valence-electron chi connectivity index (χ3n) is 3.10. The molecule has 0 aliphatic rings. The molecule has 110 valence electrons. The van der Waals surface area contributed by atoms with Crippen LogP contribution in [0.1, 0.15) is 5.82 Å². The second-order valence-corrected chi connectivity index (χ2v) is 4.55. The molecule has 0 atom stereocenters. The predicted molar refractivity (Wildman–Crippen MR) is 70.8 cm³/mol. The number of fused-ring (bicyclic) bond motifs is 3. The van der Waals surface area contributed by atoms with E-state index >= 15 is 0 Å². The number of nitro groups is 1. The number of hydrogen-bond acceptors (Lipinski definition) is 8. The Balaban J connectivity index is 1.75. The van der Waals surface area contributed by atoms with Gasteiger partial charge in [0.1, 0.15) is 12.9 Å². The number of aromatic nitrogens is 9. The van der Waals surface area contributed by atoms with Gasteiger partial charge < -0.3 is 10.1 Å². The molecule has 4 aromatic rings. The zero-order valence-corrected chi connectivity index (χ0v) is 11.2. The van der Waals surface area contributed by atoms with Crippen LogP contribution < -0.4 is 0 Å². The molecule has 4 aromatic heterocycles. The summed E-state index contributed by atoms with van der Waals surface area (Å²) in [7, 11) is 1.79. The Labute approximate surface area is 121 Å². The molecule has 0 saturated carbocycles. The second-order valence-electron chi connectivity index (χ2n) is 4.55. The maximum Gasteiger partial charge on any atom is 0.490 e. The number of nitrogens with zero attached hydrogens (tertiary/aromatic N) is 10. The normalized spacial score (nSPS) is 11.5. The van der Waals surface area contributed by atoms with Gasteiger partial charge in [-0.25, -0.2) is 14.5 Å². The molecular formula is C10H8N10O2. The number of rotatable bonds is 3. The molecule has 12 heteroatoms. The van der Waals surface area contributed by atoms with Crippen molar-refractivity contribution in [1.29, 1.82) is 0 Å². The lowest BCUT2D eigenvalue weighted by Gasteiger charge is -1.93. The van der Waals surface area contributed by atoms with Crippen LogP contribution >= 0.6 is 0 Å². The van der Waals surface area contributed by atoms with E-state index in [1.165, 1.54) is 15.5 Å². The van der Waals surface area contributed by atoms with Crippen LogP contribution in [0.15, 0.2) is 18.9 Å². The van der Waals surface area contributed by atoms with E-state index < -0.39 is 10.9 Å². The van der Waals surface area contributed by atoms with E-state index in [0.717, 1.165) is 5.39 Å². The highest BCUT2D eigenvalue weighted by atomic mass is 16.6. The van der Waals surface area contributed by atoms with E-state index in [1.807, 2.05) is 0 Å². The minimum atomic E-state index is -0.656. The fourth-order valence-corrected chi connectivity index (χ4v) is 2.14. The van der Waals surface area contributed by atoms with Crippen LogP contribution in [0.4, 0.5) is 5.95 Å². The van der Waals surface area contributed by atoms with Gasteiger partial charge in [-0.2, -0.15) is 9.78 Å². The highest BCUT2D eigenvalue weighted by Crippen LogP contribution is 2.15. The van der Waals surface area contributed by atoms with Crippen LogP contribution in [-0.4, -0.2) is 49.1 Å². The summed E-state index contributed by atoms with van der Waals surface area (Å²) in [6.45, 7) is 0.171. The van der Waals surface area contributed by atoms with Gasteiger partial charge in [0.05, 0.1) is 11.6 Å². The molecule has 0 fully saturated rings. The molecular weight excluding hydrogens is 292 g/mol. The van der Waals surface area contributed by atoms with Gasteiger partial charge in [-0.3, -0.25) is 4.68 Å². The Kier molecular flexibility index (Phi) is 2.39. The Morgan fingerprint density at radius 3 is 2.86 bits per heavy atom. The summed E-state index contributed by atoms with van der Waals surface area (Å²) >= 11 is 0. The van der Waals surface area contributed by atoms with Gasteiger partial charge in [-0.05, 0) is 4.92 Å². The topological polar surface area (TPSA) is 135 Å². The van der Waals surface area contributed by atoms with E-state index in [0.29, 0.717) is 17.1 Å². The maximum absolute atomic E-state index is 10.6. The standard InChI is InChI=1S/C10H8N10O2/c1-17-8-6(2-13-17)9-14-7(15-19(9)5-11-8)3-18-4-12-10(16-18)20(21)22/h2,4-5H,3H2,1H3. The van der Waals surface area contributed by atoms with Gasteiger partial charge in [0, 0.05) is 12.1 Å². The van der Waals surface area contributed by atoms with Crippen molar-refractivity contribution in [2.45, 2.75) is 6.54 Å². The lowest BCUT2D eigenvalue weighted by molar-refractivity contribution is -0.394. The molecule has 4 rings (SSSR count). The van der Waals surface area contributed by atoms with Crippen molar-refractivity contribution >= 4 is 22.6 Å². The van der Waals surface area contributed by atoms with Gasteiger partial charge in [-0.1, -0.05) is 4.98 Å². The van der Waals surface area contributed by atoms with E-state index in [4.69, 9.17) is 0 Å². The second kappa shape index (κ2) is 4.28.